The minimum atomic E-state index is -0.197. The van der Waals surface area contributed by atoms with Gasteiger partial charge in [0, 0.05) is 0 Å². The zero-order chi connectivity index (χ0) is 11.7. The number of ether oxygens (including phenoxy) is 1. The van der Waals surface area contributed by atoms with E-state index in [2.05, 4.69) is 12.1 Å². The van der Waals surface area contributed by atoms with Crippen LogP contribution in [-0.4, -0.2) is 5.97 Å². The lowest BCUT2D eigenvalue weighted by Gasteiger charge is -2.46. The molecule has 1 aliphatic heterocycles. The monoisotopic (exact) mass is 230 g/mol. The minimum Gasteiger partial charge on any atom is -0.456 e. The third kappa shape index (κ3) is 1.67. The second-order valence-corrected chi connectivity index (χ2v) is 5.27. The molecule has 0 radical (unpaired) electrons. The highest BCUT2D eigenvalue weighted by Crippen LogP contribution is 2.55. The van der Waals surface area contributed by atoms with Gasteiger partial charge in [-0.15, -0.1) is 0 Å². The molecule has 1 aliphatic carbocycles. The van der Waals surface area contributed by atoms with E-state index in [4.69, 9.17) is 4.74 Å². The van der Waals surface area contributed by atoms with Gasteiger partial charge >= 0.3 is 5.97 Å². The number of hydrogen-bond donors (Lipinski definition) is 0. The molecule has 0 unspecified atom stereocenters. The van der Waals surface area contributed by atoms with Crippen molar-refractivity contribution in [2.24, 2.45) is 5.41 Å². The first-order valence-electron chi connectivity index (χ1n) is 6.59. The fraction of sp³-hybridized carbons (Fsp3) is 0.533. The van der Waals surface area contributed by atoms with Gasteiger partial charge in [-0.05, 0) is 18.4 Å². The van der Waals surface area contributed by atoms with Gasteiger partial charge in [0.25, 0.3) is 0 Å². The molecule has 1 atom stereocenters. The van der Waals surface area contributed by atoms with Crippen molar-refractivity contribution >= 4 is 5.97 Å². The van der Waals surface area contributed by atoms with Crippen LogP contribution in [0.1, 0.15) is 50.2 Å². The van der Waals surface area contributed by atoms with Crippen LogP contribution in [0.2, 0.25) is 0 Å². The van der Waals surface area contributed by atoms with Crippen molar-refractivity contribution in [1.82, 2.24) is 0 Å². The number of benzene rings is 1. The summed E-state index contributed by atoms with van der Waals surface area (Å²) in [5.41, 5.74) is 0.965. The number of carbonyl (C=O) groups is 1. The quantitative estimate of drug-likeness (QED) is 0.689. The highest BCUT2D eigenvalue weighted by atomic mass is 16.6. The van der Waals surface area contributed by atoms with Crippen molar-refractivity contribution in [3.63, 3.8) is 0 Å². The second-order valence-electron chi connectivity index (χ2n) is 5.27. The second kappa shape index (κ2) is 4.17. The van der Waals surface area contributed by atoms with Gasteiger partial charge in [-0.25, -0.2) is 0 Å². The number of hydrogen-bond acceptors (Lipinski definition) is 2. The van der Waals surface area contributed by atoms with Gasteiger partial charge in [-0.1, -0.05) is 56.0 Å². The summed E-state index contributed by atoms with van der Waals surface area (Å²) < 4.78 is 5.44. The lowest BCUT2D eigenvalue weighted by molar-refractivity contribution is -0.211. The van der Waals surface area contributed by atoms with Gasteiger partial charge in [0.2, 0.25) is 0 Å². The molecule has 1 aromatic carbocycles. The van der Waals surface area contributed by atoms with Crippen LogP contribution in [0, 0.1) is 5.41 Å². The summed E-state index contributed by atoms with van der Waals surface area (Å²) in [5.74, 6) is 0.0354. The van der Waals surface area contributed by atoms with Crippen LogP contribution in [0.5, 0.6) is 0 Å². The van der Waals surface area contributed by atoms with E-state index in [0.29, 0.717) is 0 Å². The standard InChI is InChI=1S/C15H18O2/c16-14-15(10-6-1-2-7-11-15)13(17-14)12-8-4-3-5-9-12/h3-5,8-9,13H,1-2,6-7,10-11H2/t13-/m1/s1. The highest BCUT2D eigenvalue weighted by molar-refractivity contribution is 5.83. The molecule has 90 valence electrons. The summed E-state index contributed by atoms with van der Waals surface area (Å²) in [5, 5.41) is 0. The maximum absolute atomic E-state index is 11.9. The predicted molar refractivity (Wildman–Crippen MR) is 65.4 cm³/mol. The summed E-state index contributed by atoms with van der Waals surface area (Å²) in [6.45, 7) is 0. The average Bonchev–Trinajstić information content (AvgIpc) is 2.64. The fourth-order valence-electron chi connectivity index (χ4n) is 3.23. The Morgan fingerprint density at radius 3 is 2.24 bits per heavy atom. The number of cyclic esters (lactones) is 1. The SMILES string of the molecule is O=C1O[C@H](c2ccccc2)C12CCCCCC2. The third-order valence-electron chi connectivity index (χ3n) is 4.23. The van der Waals surface area contributed by atoms with E-state index in [1.165, 1.54) is 25.7 Å². The molecule has 2 fully saturated rings. The van der Waals surface area contributed by atoms with E-state index in [0.717, 1.165) is 18.4 Å². The molecule has 1 saturated heterocycles. The molecule has 17 heavy (non-hydrogen) atoms. The van der Waals surface area contributed by atoms with Gasteiger partial charge in [-0.3, -0.25) is 4.79 Å². The van der Waals surface area contributed by atoms with Crippen molar-refractivity contribution in [3.8, 4) is 0 Å². The summed E-state index contributed by atoms with van der Waals surface area (Å²) in [4.78, 5) is 11.9. The molecule has 2 nitrogen and oxygen atoms in total. The maximum atomic E-state index is 11.9. The molecule has 1 heterocycles. The Kier molecular flexibility index (Phi) is 2.65. The van der Waals surface area contributed by atoms with Crippen LogP contribution in [-0.2, 0) is 9.53 Å². The molecule has 2 aliphatic rings. The molecule has 0 N–H and O–H groups in total. The van der Waals surface area contributed by atoms with E-state index in [1.807, 2.05) is 18.2 Å². The number of rotatable bonds is 1. The molecule has 0 aromatic heterocycles. The van der Waals surface area contributed by atoms with Crippen LogP contribution >= 0.6 is 0 Å². The van der Waals surface area contributed by atoms with Gasteiger partial charge in [-0.2, -0.15) is 0 Å². The highest BCUT2D eigenvalue weighted by Gasteiger charge is 2.57. The predicted octanol–water partition coefficient (Wildman–Crippen LogP) is 3.63. The van der Waals surface area contributed by atoms with E-state index >= 15 is 0 Å². The van der Waals surface area contributed by atoms with Gasteiger partial charge < -0.3 is 4.74 Å². The normalized spacial score (nSPS) is 27.1. The largest absolute Gasteiger partial charge is 0.456 e. The van der Waals surface area contributed by atoms with Crippen molar-refractivity contribution < 1.29 is 9.53 Å². The van der Waals surface area contributed by atoms with Gasteiger partial charge in [0.1, 0.15) is 11.5 Å². The minimum absolute atomic E-state index is 0.00861. The Hall–Kier alpha value is -1.31. The van der Waals surface area contributed by atoms with Crippen molar-refractivity contribution in [3.05, 3.63) is 35.9 Å². The molecule has 2 heteroatoms. The summed E-state index contributed by atoms with van der Waals surface area (Å²) in [7, 11) is 0. The first kappa shape index (κ1) is 10.8. The Morgan fingerprint density at radius 1 is 1.00 bits per heavy atom. The zero-order valence-electron chi connectivity index (χ0n) is 10.0. The Labute approximate surface area is 102 Å². The lowest BCUT2D eigenvalue weighted by Crippen LogP contribution is -2.50. The average molecular weight is 230 g/mol. The molecule has 0 bridgehead atoms. The summed E-state index contributed by atoms with van der Waals surface area (Å²) >= 11 is 0. The Balaban J connectivity index is 1.89. The van der Waals surface area contributed by atoms with E-state index in [1.54, 1.807) is 0 Å². The molecule has 3 rings (SSSR count). The summed E-state index contributed by atoms with van der Waals surface area (Å²) in [6, 6.07) is 10.2. The first-order valence-corrected chi connectivity index (χ1v) is 6.59. The molecule has 1 aromatic rings. The molecular weight excluding hydrogens is 212 g/mol. The van der Waals surface area contributed by atoms with E-state index in [-0.39, 0.29) is 17.5 Å². The molecule has 0 amide bonds. The van der Waals surface area contributed by atoms with E-state index in [9.17, 15) is 4.79 Å². The Morgan fingerprint density at radius 2 is 1.65 bits per heavy atom. The van der Waals surface area contributed by atoms with Gasteiger partial charge in [0.15, 0.2) is 0 Å². The maximum Gasteiger partial charge on any atom is 0.316 e. The van der Waals surface area contributed by atoms with Crippen LogP contribution in [0.25, 0.3) is 0 Å². The molecular formula is C15H18O2. The fourth-order valence-corrected chi connectivity index (χ4v) is 3.23. The summed E-state index contributed by atoms with van der Waals surface area (Å²) in [6.07, 6.45) is 6.87. The first-order chi connectivity index (χ1) is 8.33. The molecule has 1 spiro atoms. The number of carbonyl (C=O) groups excluding carboxylic acids is 1. The Bertz CT molecular complexity index is 402. The molecule has 1 saturated carbocycles. The van der Waals surface area contributed by atoms with Crippen LogP contribution in [0.15, 0.2) is 30.3 Å². The van der Waals surface area contributed by atoms with Crippen molar-refractivity contribution in [2.75, 3.05) is 0 Å². The van der Waals surface area contributed by atoms with Crippen molar-refractivity contribution in [1.29, 1.82) is 0 Å². The van der Waals surface area contributed by atoms with Gasteiger partial charge in [0.05, 0.1) is 0 Å². The van der Waals surface area contributed by atoms with Crippen molar-refractivity contribution in [2.45, 2.75) is 44.6 Å². The topological polar surface area (TPSA) is 26.3 Å². The van der Waals surface area contributed by atoms with Crippen LogP contribution in [0.3, 0.4) is 0 Å². The lowest BCUT2D eigenvalue weighted by atomic mass is 9.69. The van der Waals surface area contributed by atoms with Crippen LogP contribution in [0.4, 0.5) is 0 Å². The number of esters is 1. The zero-order valence-corrected chi connectivity index (χ0v) is 10.0. The van der Waals surface area contributed by atoms with E-state index < -0.39 is 0 Å². The van der Waals surface area contributed by atoms with Crippen LogP contribution < -0.4 is 0 Å². The third-order valence-corrected chi connectivity index (χ3v) is 4.23. The smallest absolute Gasteiger partial charge is 0.316 e.